The third kappa shape index (κ3) is 5.68. The Bertz CT molecular complexity index is 1600. The number of esters is 1. The van der Waals surface area contributed by atoms with Crippen LogP contribution < -0.4 is 10.9 Å². The molecule has 0 unspecified atom stereocenters. The van der Waals surface area contributed by atoms with Crippen LogP contribution in [-0.4, -0.2) is 75.6 Å². The highest BCUT2D eigenvalue weighted by atomic mass is 35.5. The van der Waals surface area contributed by atoms with Gasteiger partial charge >= 0.3 is 11.9 Å². The quantitative estimate of drug-likeness (QED) is 0.305. The first-order valence-corrected chi connectivity index (χ1v) is 13.3. The van der Waals surface area contributed by atoms with Crippen molar-refractivity contribution in [1.82, 2.24) is 24.4 Å². The lowest BCUT2D eigenvalue weighted by molar-refractivity contribution is -0.135. The van der Waals surface area contributed by atoms with E-state index in [1.807, 2.05) is 6.07 Å². The van der Waals surface area contributed by atoms with Gasteiger partial charge in [0.25, 0.3) is 5.56 Å². The smallest absolute Gasteiger partial charge is 0.355 e. The van der Waals surface area contributed by atoms with Crippen LogP contribution in [0.15, 0.2) is 51.9 Å². The molecule has 0 saturated carbocycles. The lowest BCUT2D eigenvalue weighted by Crippen LogP contribution is -2.44. The number of nitrogens with one attached hydrogen (secondary N) is 1. The molecule has 1 aliphatic heterocycles. The van der Waals surface area contributed by atoms with E-state index in [1.165, 1.54) is 42.8 Å². The van der Waals surface area contributed by atoms with Crippen molar-refractivity contribution in [3.63, 3.8) is 0 Å². The summed E-state index contributed by atoms with van der Waals surface area (Å²) in [5.41, 5.74) is -0.388. The molecule has 1 N–H and O–H groups in total. The number of carbonyl (C=O) groups is 3. The summed E-state index contributed by atoms with van der Waals surface area (Å²) >= 11 is 7.41. The average molecular weight is 587 g/mol. The highest BCUT2D eigenvalue weighted by Gasteiger charge is 2.27. The normalized spacial score (nSPS) is 13.3. The van der Waals surface area contributed by atoms with Gasteiger partial charge in [-0.2, -0.15) is 9.78 Å². The molecule has 4 aromatic rings. The van der Waals surface area contributed by atoms with Gasteiger partial charge in [-0.25, -0.2) is 4.79 Å². The predicted molar refractivity (Wildman–Crippen MR) is 144 cm³/mol. The lowest BCUT2D eigenvalue weighted by atomic mass is 10.1. The molecule has 0 radical (unpaired) electrons. The molecule has 13 nitrogen and oxygen atoms in total. The Hall–Kier alpha value is -4.27. The second kappa shape index (κ2) is 11.9. The number of carbonyl (C=O) groups excluding carboxylic acids is 3. The molecule has 40 heavy (non-hydrogen) atoms. The number of halogens is 1. The highest BCUT2D eigenvalue weighted by Crippen LogP contribution is 2.28. The average Bonchev–Trinajstić information content (AvgIpc) is 3.74. The van der Waals surface area contributed by atoms with E-state index in [0.29, 0.717) is 37.2 Å². The van der Waals surface area contributed by atoms with Crippen molar-refractivity contribution in [2.24, 2.45) is 0 Å². The predicted octanol–water partition coefficient (Wildman–Crippen LogP) is 2.36. The molecule has 1 saturated heterocycles. The molecular weight excluding hydrogens is 564 g/mol. The zero-order valence-electron chi connectivity index (χ0n) is 21.2. The monoisotopic (exact) mass is 586 g/mol. The van der Waals surface area contributed by atoms with Crippen LogP contribution in [-0.2, 0) is 27.4 Å². The van der Waals surface area contributed by atoms with Gasteiger partial charge < -0.3 is 24.2 Å². The minimum atomic E-state index is -0.846. The Morgan fingerprint density at radius 3 is 2.62 bits per heavy atom. The SMILES string of the molecule is COC(=O)c1c(-c2cc(NCc3ccc(Cl)s3)n(C(=O)c3ccno3)n2)ccc(=O)n1CC(=O)N1CCOCC1. The van der Waals surface area contributed by atoms with Crippen LogP contribution in [0, 0.1) is 0 Å². The first-order valence-electron chi connectivity index (χ1n) is 12.1. The lowest BCUT2D eigenvalue weighted by Gasteiger charge is -2.27. The van der Waals surface area contributed by atoms with Crippen LogP contribution >= 0.6 is 22.9 Å². The minimum Gasteiger partial charge on any atom is -0.464 e. The van der Waals surface area contributed by atoms with Gasteiger partial charge in [0.1, 0.15) is 18.1 Å². The number of anilines is 1. The van der Waals surface area contributed by atoms with Gasteiger partial charge in [-0.1, -0.05) is 16.8 Å². The second-order valence-electron chi connectivity index (χ2n) is 8.57. The van der Waals surface area contributed by atoms with Gasteiger partial charge in [0.2, 0.25) is 11.7 Å². The first kappa shape index (κ1) is 27.3. The zero-order valence-corrected chi connectivity index (χ0v) is 22.7. The summed E-state index contributed by atoms with van der Waals surface area (Å²) in [6, 6.07) is 9.17. The number of aromatic nitrogens is 4. The van der Waals surface area contributed by atoms with Crippen LogP contribution in [0.25, 0.3) is 11.3 Å². The van der Waals surface area contributed by atoms with E-state index in [0.717, 1.165) is 14.1 Å². The highest BCUT2D eigenvalue weighted by molar-refractivity contribution is 7.16. The summed E-state index contributed by atoms with van der Waals surface area (Å²) < 4.78 is 18.0. The van der Waals surface area contributed by atoms with E-state index < -0.39 is 17.4 Å². The van der Waals surface area contributed by atoms with E-state index in [9.17, 15) is 19.2 Å². The van der Waals surface area contributed by atoms with Crippen molar-refractivity contribution in [3.8, 4) is 11.3 Å². The van der Waals surface area contributed by atoms with Crippen LogP contribution in [0.4, 0.5) is 5.82 Å². The maximum atomic E-state index is 13.2. The molecular formula is C25H23ClN6O7S. The standard InChI is InChI=1S/C25H23ClN6O7S/c1-37-25(36)23-16(3-5-21(33)31(23)14-22(34)30-8-10-38-11-9-30)17-12-20(27-13-15-2-4-19(26)40-15)32(29-17)24(35)18-6-7-28-39-18/h2-7,12,27H,8-11,13-14H2,1H3. The molecule has 208 valence electrons. The fraction of sp³-hybridized carbons (Fsp3) is 0.280. The number of pyridine rings is 1. The van der Waals surface area contributed by atoms with Gasteiger partial charge in [0.15, 0.2) is 0 Å². The zero-order chi connectivity index (χ0) is 28.2. The van der Waals surface area contributed by atoms with Crippen molar-refractivity contribution in [2.45, 2.75) is 13.1 Å². The molecule has 0 spiro atoms. The van der Waals surface area contributed by atoms with Crippen molar-refractivity contribution >= 4 is 46.5 Å². The van der Waals surface area contributed by atoms with Crippen molar-refractivity contribution in [2.75, 3.05) is 38.7 Å². The topological polar surface area (TPSA) is 151 Å². The van der Waals surface area contributed by atoms with Gasteiger partial charge in [-0.15, -0.1) is 11.3 Å². The Labute approximate surface area is 235 Å². The molecule has 0 atom stereocenters. The molecule has 4 aromatic heterocycles. The van der Waals surface area contributed by atoms with Crippen LogP contribution in [0.5, 0.6) is 0 Å². The largest absolute Gasteiger partial charge is 0.464 e. The van der Waals surface area contributed by atoms with Crippen LogP contribution in [0.1, 0.15) is 25.9 Å². The number of thiophene rings is 1. The molecule has 1 aliphatic rings. The number of hydrogen-bond donors (Lipinski definition) is 1. The van der Waals surface area contributed by atoms with Gasteiger partial charge in [-0.3, -0.25) is 19.0 Å². The maximum absolute atomic E-state index is 13.2. The Morgan fingerprint density at radius 2 is 1.95 bits per heavy atom. The first-order chi connectivity index (χ1) is 19.4. The number of ether oxygens (including phenoxy) is 2. The van der Waals surface area contributed by atoms with E-state index in [1.54, 1.807) is 17.0 Å². The molecule has 1 amide bonds. The molecule has 5 rings (SSSR count). The maximum Gasteiger partial charge on any atom is 0.355 e. The van der Waals surface area contributed by atoms with Crippen molar-refractivity contribution in [3.05, 3.63) is 73.6 Å². The number of amides is 1. The van der Waals surface area contributed by atoms with E-state index in [2.05, 4.69) is 15.6 Å². The number of hydrogen-bond acceptors (Lipinski definition) is 11. The van der Waals surface area contributed by atoms with Crippen LogP contribution in [0.2, 0.25) is 4.34 Å². The Balaban J connectivity index is 1.56. The van der Waals surface area contributed by atoms with E-state index >= 15 is 0 Å². The number of nitrogens with zero attached hydrogens (tertiary/aromatic N) is 5. The third-order valence-electron chi connectivity index (χ3n) is 6.12. The molecule has 0 aliphatic carbocycles. The summed E-state index contributed by atoms with van der Waals surface area (Å²) in [6.45, 7) is 1.45. The molecule has 0 bridgehead atoms. The summed E-state index contributed by atoms with van der Waals surface area (Å²) in [5.74, 6) is -1.60. The van der Waals surface area contributed by atoms with Crippen molar-refractivity contribution in [1.29, 1.82) is 0 Å². The summed E-state index contributed by atoms with van der Waals surface area (Å²) in [5, 5.41) is 11.2. The van der Waals surface area contributed by atoms with E-state index in [-0.39, 0.29) is 41.0 Å². The summed E-state index contributed by atoms with van der Waals surface area (Å²) in [4.78, 5) is 54.5. The third-order valence-corrected chi connectivity index (χ3v) is 7.35. The number of morpholine rings is 1. The molecule has 0 aromatic carbocycles. The molecule has 1 fully saturated rings. The van der Waals surface area contributed by atoms with Gasteiger partial charge in [0, 0.05) is 41.7 Å². The van der Waals surface area contributed by atoms with E-state index in [4.69, 9.17) is 25.6 Å². The van der Waals surface area contributed by atoms with Crippen LogP contribution in [0.3, 0.4) is 0 Å². The Morgan fingerprint density at radius 1 is 1.15 bits per heavy atom. The van der Waals surface area contributed by atoms with Gasteiger partial charge in [0.05, 0.1) is 43.1 Å². The second-order valence-corrected chi connectivity index (χ2v) is 10.4. The van der Waals surface area contributed by atoms with Gasteiger partial charge in [-0.05, 0) is 18.2 Å². The fourth-order valence-corrected chi connectivity index (χ4v) is 5.18. The summed E-state index contributed by atoms with van der Waals surface area (Å²) in [7, 11) is 1.17. The minimum absolute atomic E-state index is 0.0638. The number of methoxy groups -OCH3 is 1. The Kier molecular flexibility index (Phi) is 8.09. The fourth-order valence-electron chi connectivity index (χ4n) is 4.16. The molecule has 15 heteroatoms. The number of rotatable bonds is 8. The molecule has 5 heterocycles. The summed E-state index contributed by atoms with van der Waals surface area (Å²) in [6.07, 6.45) is 1.33. The van der Waals surface area contributed by atoms with Crippen molar-refractivity contribution < 1.29 is 28.4 Å².